The molecule has 2 aliphatic carbocycles. The number of benzene rings is 2. The standard InChI is InChI=1S/C25H34NO5P/c1-30-24-4-2-3-18(14-24)5-6-19-7-8-21-15-22(10-9-20(21)13-19)23-11-12-25(26,16-23)17-31-32(27,28)29/h2-4,9-10,14-15,19,23H,5-8,11-13,16-17,26H2,1H3,(H2,27,28,29)/t19-,23-,25+/m0/s1. The van der Waals surface area contributed by atoms with E-state index in [1.165, 1.54) is 35.1 Å². The Morgan fingerprint density at radius 1 is 1.16 bits per heavy atom. The lowest BCUT2D eigenvalue weighted by atomic mass is 9.79. The minimum absolute atomic E-state index is 0.103. The maximum atomic E-state index is 11.0. The molecule has 0 unspecified atom stereocenters. The summed E-state index contributed by atoms with van der Waals surface area (Å²) in [5.41, 5.74) is 11.2. The predicted molar refractivity (Wildman–Crippen MR) is 125 cm³/mol. The molecule has 4 rings (SSSR count). The Labute approximate surface area is 190 Å². The van der Waals surface area contributed by atoms with Gasteiger partial charge in [-0.3, -0.25) is 4.52 Å². The highest BCUT2D eigenvalue weighted by Gasteiger charge is 2.38. The van der Waals surface area contributed by atoms with Gasteiger partial charge in [0.1, 0.15) is 5.75 Å². The van der Waals surface area contributed by atoms with Crippen molar-refractivity contribution >= 4 is 7.82 Å². The van der Waals surface area contributed by atoms with E-state index in [0.717, 1.165) is 31.4 Å². The summed E-state index contributed by atoms with van der Waals surface area (Å²) in [5.74, 6) is 1.94. The van der Waals surface area contributed by atoms with Gasteiger partial charge in [0.2, 0.25) is 0 Å². The van der Waals surface area contributed by atoms with Crippen LogP contribution in [0.3, 0.4) is 0 Å². The Bertz CT molecular complexity index is 990. The molecule has 0 bridgehead atoms. The Morgan fingerprint density at radius 3 is 2.78 bits per heavy atom. The summed E-state index contributed by atoms with van der Waals surface area (Å²) < 4.78 is 21.1. The van der Waals surface area contributed by atoms with Gasteiger partial charge in [0.05, 0.1) is 13.7 Å². The monoisotopic (exact) mass is 459 g/mol. The fourth-order valence-electron chi connectivity index (χ4n) is 5.33. The van der Waals surface area contributed by atoms with Gasteiger partial charge < -0.3 is 20.3 Å². The minimum atomic E-state index is -4.49. The van der Waals surface area contributed by atoms with Gasteiger partial charge in [-0.1, -0.05) is 30.3 Å². The number of fused-ring (bicyclic) bond motifs is 1. The van der Waals surface area contributed by atoms with E-state index in [-0.39, 0.29) is 6.61 Å². The van der Waals surface area contributed by atoms with E-state index in [2.05, 4.69) is 36.4 Å². The molecule has 0 spiro atoms. The first-order valence-electron chi connectivity index (χ1n) is 11.5. The van der Waals surface area contributed by atoms with E-state index in [4.69, 9.17) is 24.8 Å². The number of methoxy groups -OCH3 is 1. The number of aryl methyl sites for hydroxylation is 2. The Hall–Kier alpha value is -1.69. The van der Waals surface area contributed by atoms with Crippen molar-refractivity contribution in [1.29, 1.82) is 0 Å². The van der Waals surface area contributed by atoms with Crippen LogP contribution in [-0.2, 0) is 28.4 Å². The minimum Gasteiger partial charge on any atom is -0.497 e. The molecule has 1 saturated carbocycles. The number of nitrogens with two attached hydrogens (primary N) is 1. The summed E-state index contributed by atoms with van der Waals surface area (Å²) in [6.45, 7) is -0.103. The Morgan fingerprint density at radius 2 is 2.00 bits per heavy atom. The summed E-state index contributed by atoms with van der Waals surface area (Å²) in [6, 6.07) is 15.2. The van der Waals surface area contributed by atoms with Crippen molar-refractivity contribution in [3.63, 3.8) is 0 Å². The van der Waals surface area contributed by atoms with Crippen molar-refractivity contribution in [2.75, 3.05) is 13.7 Å². The topological polar surface area (TPSA) is 102 Å². The van der Waals surface area contributed by atoms with Gasteiger partial charge in [-0.05, 0) is 97.6 Å². The summed E-state index contributed by atoms with van der Waals surface area (Å²) in [4.78, 5) is 18.0. The third-order valence-electron chi connectivity index (χ3n) is 7.17. The second-order valence-corrected chi connectivity index (χ2v) is 10.8. The van der Waals surface area contributed by atoms with Crippen molar-refractivity contribution in [2.24, 2.45) is 11.7 Å². The van der Waals surface area contributed by atoms with Crippen molar-refractivity contribution in [2.45, 2.75) is 62.8 Å². The van der Waals surface area contributed by atoms with E-state index in [1.807, 2.05) is 6.07 Å². The van der Waals surface area contributed by atoms with Crippen LogP contribution in [0.25, 0.3) is 0 Å². The molecule has 32 heavy (non-hydrogen) atoms. The first kappa shape index (κ1) is 23.5. The molecule has 0 heterocycles. The average Bonchev–Trinajstić information content (AvgIpc) is 3.18. The molecular formula is C25H34NO5P. The molecule has 0 radical (unpaired) electrons. The van der Waals surface area contributed by atoms with Gasteiger partial charge >= 0.3 is 7.82 Å². The molecule has 4 N–H and O–H groups in total. The molecule has 2 aromatic rings. The van der Waals surface area contributed by atoms with Gasteiger partial charge in [-0.15, -0.1) is 0 Å². The second kappa shape index (κ2) is 9.66. The summed E-state index contributed by atoms with van der Waals surface area (Å²) >= 11 is 0. The normalized spacial score (nSPS) is 25.5. The number of phosphoric ester groups is 1. The molecule has 0 amide bonds. The first-order valence-corrected chi connectivity index (χ1v) is 13.0. The Balaban J connectivity index is 1.34. The van der Waals surface area contributed by atoms with E-state index in [1.54, 1.807) is 7.11 Å². The highest BCUT2D eigenvalue weighted by Crippen LogP contribution is 2.44. The molecule has 0 aliphatic heterocycles. The van der Waals surface area contributed by atoms with E-state index in [9.17, 15) is 4.57 Å². The van der Waals surface area contributed by atoms with Gasteiger partial charge in [0.25, 0.3) is 0 Å². The predicted octanol–water partition coefficient (Wildman–Crippen LogP) is 4.51. The van der Waals surface area contributed by atoms with Crippen LogP contribution in [0.2, 0.25) is 0 Å². The van der Waals surface area contributed by atoms with Gasteiger partial charge in [0.15, 0.2) is 0 Å². The zero-order valence-corrected chi connectivity index (χ0v) is 19.6. The van der Waals surface area contributed by atoms with Gasteiger partial charge in [-0.2, -0.15) is 0 Å². The van der Waals surface area contributed by atoms with Crippen molar-refractivity contribution < 1.29 is 23.6 Å². The quantitative estimate of drug-likeness (QED) is 0.502. The van der Waals surface area contributed by atoms with E-state index in [0.29, 0.717) is 24.7 Å². The second-order valence-electron chi connectivity index (χ2n) is 9.59. The summed E-state index contributed by atoms with van der Waals surface area (Å²) in [7, 11) is -2.78. The van der Waals surface area contributed by atoms with Gasteiger partial charge in [0, 0.05) is 5.54 Å². The molecule has 7 heteroatoms. The maximum absolute atomic E-state index is 11.0. The van der Waals surface area contributed by atoms with Crippen molar-refractivity contribution in [3.05, 3.63) is 64.7 Å². The third kappa shape index (κ3) is 6.00. The molecule has 6 nitrogen and oxygen atoms in total. The van der Waals surface area contributed by atoms with E-state index < -0.39 is 13.4 Å². The molecule has 174 valence electrons. The molecule has 2 aromatic carbocycles. The summed E-state index contributed by atoms with van der Waals surface area (Å²) in [5, 5.41) is 0. The molecule has 0 saturated heterocycles. The largest absolute Gasteiger partial charge is 0.497 e. The van der Waals surface area contributed by atoms with Crippen LogP contribution in [0.15, 0.2) is 42.5 Å². The lowest BCUT2D eigenvalue weighted by molar-refractivity contribution is 0.153. The third-order valence-corrected chi connectivity index (χ3v) is 7.64. The summed E-state index contributed by atoms with van der Waals surface area (Å²) in [6.07, 6.45) is 8.02. The number of hydrogen-bond acceptors (Lipinski definition) is 4. The van der Waals surface area contributed by atoms with Crippen LogP contribution in [0.1, 0.15) is 60.3 Å². The number of rotatable bonds is 8. The SMILES string of the molecule is COc1cccc(CC[C@H]2CCc3cc([C@H]4CC[C@](N)(COP(=O)(O)O)C4)ccc3C2)c1. The van der Waals surface area contributed by atoms with Crippen LogP contribution in [0, 0.1) is 5.92 Å². The molecule has 2 aliphatic rings. The van der Waals surface area contributed by atoms with Crippen molar-refractivity contribution in [3.8, 4) is 5.75 Å². The number of hydrogen-bond donors (Lipinski definition) is 3. The van der Waals surface area contributed by atoms with Crippen molar-refractivity contribution in [1.82, 2.24) is 0 Å². The zero-order chi connectivity index (χ0) is 22.8. The number of ether oxygens (including phenoxy) is 1. The van der Waals surface area contributed by atoms with Crippen LogP contribution >= 0.6 is 7.82 Å². The lowest BCUT2D eigenvalue weighted by Crippen LogP contribution is -2.41. The van der Waals surface area contributed by atoms with Crippen LogP contribution in [-0.4, -0.2) is 29.0 Å². The van der Waals surface area contributed by atoms with Crippen LogP contribution < -0.4 is 10.5 Å². The fraction of sp³-hybridized carbons (Fsp3) is 0.520. The Kier molecular flexibility index (Phi) is 7.09. The molecule has 0 aromatic heterocycles. The van der Waals surface area contributed by atoms with Gasteiger partial charge in [-0.25, -0.2) is 4.57 Å². The molecule has 1 fully saturated rings. The highest BCUT2D eigenvalue weighted by atomic mass is 31.2. The molecule has 3 atom stereocenters. The molecular weight excluding hydrogens is 425 g/mol. The fourth-order valence-corrected chi connectivity index (χ4v) is 5.76. The maximum Gasteiger partial charge on any atom is 0.469 e. The number of phosphoric acid groups is 1. The highest BCUT2D eigenvalue weighted by molar-refractivity contribution is 7.46. The smallest absolute Gasteiger partial charge is 0.469 e. The van der Waals surface area contributed by atoms with Crippen LogP contribution in [0.5, 0.6) is 5.75 Å². The van der Waals surface area contributed by atoms with E-state index >= 15 is 0 Å². The average molecular weight is 460 g/mol. The lowest BCUT2D eigenvalue weighted by Gasteiger charge is -2.27. The first-order chi connectivity index (χ1) is 15.2. The zero-order valence-electron chi connectivity index (χ0n) is 18.7. The van der Waals surface area contributed by atoms with Crippen LogP contribution in [0.4, 0.5) is 0 Å².